The molecular weight excluding hydrogens is 432 g/mol. The smallest absolute Gasteiger partial charge is 0.237 e. The van der Waals surface area contributed by atoms with Crippen LogP contribution in [-0.4, -0.2) is 22.4 Å². The van der Waals surface area contributed by atoms with Crippen LogP contribution in [-0.2, 0) is 30.6 Å². The minimum absolute atomic E-state index is 0.315. The summed E-state index contributed by atoms with van der Waals surface area (Å²) in [5, 5.41) is 0. The fourth-order valence-corrected chi connectivity index (χ4v) is 4.06. The van der Waals surface area contributed by atoms with Crippen LogP contribution in [0, 0.1) is 24.2 Å². The molecule has 3 aromatic rings. The second kappa shape index (κ2) is 13.0. The van der Waals surface area contributed by atoms with Gasteiger partial charge in [0.2, 0.25) is 5.78 Å². The number of ketones is 1. The van der Waals surface area contributed by atoms with Crippen molar-refractivity contribution in [2.45, 2.75) is 60.0 Å². The van der Waals surface area contributed by atoms with Gasteiger partial charge in [0.25, 0.3) is 0 Å². The van der Waals surface area contributed by atoms with E-state index < -0.39 is 0 Å². The first kappa shape index (κ1) is 26.3. The molecule has 0 N–H and O–H groups in total. The zero-order valence-corrected chi connectivity index (χ0v) is 21.4. The first-order chi connectivity index (χ1) is 16.9. The Morgan fingerprint density at radius 1 is 0.914 bits per heavy atom. The number of ether oxygens (including phenoxy) is 1. The van der Waals surface area contributed by atoms with Crippen molar-refractivity contribution < 1.29 is 9.53 Å². The lowest BCUT2D eigenvalue weighted by molar-refractivity contribution is 0.105. The normalized spacial score (nSPS) is 11.1. The number of nitrogens with zero attached hydrogens (tertiary/aromatic N) is 2. The lowest BCUT2D eigenvalue weighted by Crippen LogP contribution is -2.09. The Morgan fingerprint density at radius 2 is 1.63 bits per heavy atom. The molecule has 4 heteroatoms. The highest BCUT2D eigenvalue weighted by Gasteiger charge is 2.17. The second-order valence-corrected chi connectivity index (χ2v) is 9.80. The molecule has 182 valence electrons. The van der Waals surface area contributed by atoms with Gasteiger partial charge in [-0.2, -0.15) is 0 Å². The molecule has 35 heavy (non-hydrogen) atoms. The van der Waals surface area contributed by atoms with Crippen LogP contribution >= 0.6 is 0 Å². The summed E-state index contributed by atoms with van der Waals surface area (Å²) in [4.78, 5) is 22.2. The van der Waals surface area contributed by atoms with Crippen molar-refractivity contribution in [2.24, 2.45) is 11.8 Å². The Kier molecular flexibility index (Phi) is 9.76. The number of carbonyl (C=O) groups is 1. The quantitative estimate of drug-likeness (QED) is 0.132. The van der Waals surface area contributed by atoms with Crippen molar-refractivity contribution in [2.75, 3.05) is 6.61 Å². The van der Waals surface area contributed by atoms with Gasteiger partial charge in [-0.15, -0.1) is 6.42 Å². The first-order valence-electron chi connectivity index (χ1n) is 12.5. The molecule has 0 radical (unpaired) electrons. The van der Waals surface area contributed by atoms with Crippen molar-refractivity contribution in [3.05, 3.63) is 82.8 Å². The Bertz CT molecular complexity index is 1160. The van der Waals surface area contributed by atoms with E-state index in [0.29, 0.717) is 37.0 Å². The van der Waals surface area contributed by atoms with Gasteiger partial charge in [-0.3, -0.25) is 14.8 Å². The van der Waals surface area contributed by atoms with E-state index in [1.807, 2.05) is 30.3 Å². The van der Waals surface area contributed by atoms with Crippen molar-refractivity contribution in [1.29, 1.82) is 0 Å². The van der Waals surface area contributed by atoms with Crippen LogP contribution in [0.5, 0.6) is 0 Å². The second-order valence-electron chi connectivity index (χ2n) is 9.80. The fourth-order valence-electron chi connectivity index (χ4n) is 4.06. The van der Waals surface area contributed by atoms with Gasteiger partial charge in [-0.1, -0.05) is 58.0 Å². The molecule has 0 saturated carbocycles. The number of aromatic nitrogens is 2. The highest BCUT2D eigenvalue weighted by atomic mass is 16.5. The van der Waals surface area contributed by atoms with Crippen molar-refractivity contribution in [1.82, 2.24) is 9.97 Å². The first-order valence-corrected chi connectivity index (χ1v) is 12.5. The average molecular weight is 469 g/mol. The van der Waals surface area contributed by atoms with E-state index in [2.05, 4.69) is 57.9 Å². The van der Waals surface area contributed by atoms with E-state index in [0.717, 1.165) is 47.6 Å². The number of benzene rings is 1. The minimum atomic E-state index is -0.315. The Balaban J connectivity index is 1.77. The van der Waals surface area contributed by atoms with Gasteiger partial charge >= 0.3 is 0 Å². The fraction of sp³-hybridized carbons (Fsp3) is 0.387. The lowest BCUT2D eigenvalue weighted by atomic mass is 9.97. The van der Waals surface area contributed by atoms with Crippen LogP contribution in [0.2, 0.25) is 0 Å². The number of Topliss-reactive ketones (excluding diaryl/α,β-unsaturated/α-hetero) is 1. The summed E-state index contributed by atoms with van der Waals surface area (Å²) >= 11 is 0. The van der Waals surface area contributed by atoms with E-state index >= 15 is 0 Å². The maximum absolute atomic E-state index is 12.2. The summed E-state index contributed by atoms with van der Waals surface area (Å²) in [7, 11) is 0. The molecular formula is C31H36N2O2. The monoisotopic (exact) mass is 468 g/mol. The molecule has 1 aromatic carbocycles. The number of pyridine rings is 2. The molecule has 2 heterocycles. The van der Waals surface area contributed by atoms with Crippen molar-refractivity contribution in [3.63, 3.8) is 0 Å². The van der Waals surface area contributed by atoms with E-state index in [1.165, 1.54) is 5.56 Å². The third-order valence-corrected chi connectivity index (χ3v) is 5.69. The topological polar surface area (TPSA) is 52.1 Å². The minimum Gasteiger partial charge on any atom is -0.377 e. The molecule has 0 unspecified atom stereocenters. The maximum atomic E-state index is 12.2. The number of aryl methyl sites for hydroxylation is 1. The highest BCUT2D eigenvalue weighted by molar-refractivity contribution is 6.09. The Labute approximate surface area is 210 Å². The van der Waals surface area contributed by atoms with Gasteiger partial charge in [0.1, 0.15) is 0 Å². The molecule has 0 saturated heterocycles. The zero-order chi connectivity index (χ0) is 25.2. The number of rotatable bonds is 12. The predicted octanol–water partition coefficient (Wildman–Crippen LogP) is 6.51. The molecule has 0 aliphatic rings. The molecule has 0 atom stereocenters. The molecule has 2 aromatic heterocycles. The third-order valence-electron chi connectivity index (χ3n) is 5.69. The average Bonchev–Trinajstić information content (AvgIpc) is 2.83. The van der Waals surface area contributed by atoms with Gasteiger partial charge < -0.3 is 4.74 Å². The largest absolute Gasteiger partial charge is 0.377 e. The third kappa shape index (κ3) is 7.87. The van der Waals surface area contributed by atoms with Crippen LogP contribution in [0.15, 0.2) is 54.6 Å². The molecule has 3 rings (SSSR count). The maximum Gasteiger partial charge on any atom is 0.237 e. The van der Waals surface area contributed by atoms with Crippen LogP contribution in [0.4, 0.5) is 0 Å². The molecule has 0 amide bonds. The Morgan fingerprint density at radius 3 is 2.31 bits per heavy atom. The van der Waals surface area contributed by atoms with Gasteiger partial charge in [0.15, 0.2) is 0 Å². The van der Waals surface area contributed by atoms with E-state index in [-0.39, 0.29) is 5.78 Å². The summed E-state index contributed by atoms with van der Waals surface area (Å²) in [6, 6.07) is 18.1. The summed E-state index contributed by atoms with van der Waals surface area (Å²) in [5.41, 5.74) is 6.44. The van der Waals surface area contributed by atoms with Crippen LogP contribution in [0.1, 0.15) is 67.1 Å². The van der Waals surface area contributed by atoms with E-state index in [4.69, 9.17) is 21.1 Å². The molecule has 0 fully saturated rings. The number of carbonyl (C=O) groups excluding carboxylic acids is 1. The number of hydrogen-bond donors (Lipinski definition) is 0. The Hall–Kier alpha value is -3.29. The van der Waals surface area contributed by atoms with Gasteiger partial charge in [-0.05, 0) is 73.3 Å². The summed E-state index contributed by atoms with van der Waals surface area (Å²) < 4.78 is 5.83. The van der Waals surface area contributed by atoms with Crippen molar-refractivity contribution in [3.8, 4) is 23.6 Å². The summed E-state index contributed by atoms with van der Waals surface area (Å²) in [6.45, 7) is 9.95. The molecule has 4 nitrogen and oxygen atoms in total. The lowest BCUT2D eigenvalue weighted by Gasteiger charge is -2.15. The summed E-state index contributed by atoms with van der Waals surface area (Å²) in [5.74, 6) is 2.74. The van der Waals surface area contributed by atoms with E-state index in [1.54, 1.807) is 0 Å². The summed E-state index contributed by atoms with van der Waals surface area (Å²) in [6.07, 6.45) is 8.73. The SMILES string of the molecule is C#CC(=O)c1ccc(-c2ccc(CCCOCc3ccccc3)nc2CC(C)C)nc1CC(C)C. The molecule has 0 aliphatic heterocycles. The standard InChI is InChI=1S/C31H36N2O2/c1-6-31(34)27-16-17-28(33-30(27)20-23(4)5)26-15-14-25(32-29(26)19-22(2)3)13-10-18-35-21-24-11-8-7-9-12-24/h1,7-9,11-12,14-17,22-23H,10,13,18-21H2,2-5H3. The molecule has 0 aliphatic carbocycles. The van der Waals surface area contributed by atoms with Gasteiger partial charge in [0, 0.05) is 17.9 Å². The number of hydrogen-bond acceptors (Lipinski definition) is 4. The van der Waals surface area contributed by atoms with Gasteiger partial charge in [-0.25, -0.2) is 0 Å². The van der Waals surface area contributed by atoms with Crippen molar-refractivity contribution >= 4 is 5.78 Å². The van der Waals surface area contributed by atoms with Crippen LogP contribution < -0.4 is 0 Å². The van der Waals surface area contributed by atoms with Gasteiger partial charge in [0.05, 0.1) is 29.3 Å². The molecule has 0 bridgehead atoms. The van der Waals surface area contributed by atoms with E-state index in [9.17, 15) is 4.79 Å². The number of terminal acetylenes is 1. The predicted molar refractivity (Wildman–Crippen MR) is 142 cm³/mol. The van der Waals surface area contributed by atoms with Crippen LogP contribution in [0.25, 0.3) is 11.3 Å². The highest BCUT2D eigenvalue weighted by Crippen LogP contribution is 2.26. The van der Waals surface area contributed by atoms with Crippen LogP contribution in [0.3, 0.4) is 0 Å². The molecule has 0 spiro atoms. The zero-order valence-electron chi connectivity index (χ0n) is 21.4.